The largest absolute Gasteiger partial charge is 0.491 e. The highest BCUT2D eigenvalue weighted by Crippen LogP contribution is 2.28. The van der Waals surface area contributed by atoms with Crippen LogP contribution in [0.2, 0.25) is 0 Å². The maximum atomic E-state index is 13.6. The van der Waals surface area contributed by atoms with Gasteiger partial charge in [0, 0.05) is 62.2 Å². The van der Waals surface area contributed by atoms with Gasteiger partial charge >= 0.3 is 12.1 Å². The Morgan fingerprint density at radius 1 is 0.842 bits per heavy atom. The van der Waals surface area contributed by atoms with Crippen molar-refractivity contribution in [3.05, 3.63) is 96.6 Å². The molecular weight excluding hydrogens is 983 g/mol. The monoisotopic (exact) mass is 1050 g/mol. The first kappa shape index (κ1) is 56.6. The number of urea groups is 1. The number of nitrogens with one attached hydrogen (secondary N) is 6. The molecule has 0 radical (unpaired) electrons. The smallest absolute Gasteiger partial charge is 0.407 e. The van der Waals surface area contributed by atoms with Crippen LogP contribution in [0.25, 0.3) is 11.3 Å². The summed E-state index contributed by atoms with van der Waals surface area (Å²) in [5, 5.41) is 16.4. The van der Waals surface area contributed by atoms with E-state index in [1.807, 2.05) is 6.07 Å². The average Bonchev–Trinajstić information content (AvgIpc) is 3.73. The molecule has 0 spiro atoms. The number of carbonyl (C=O) groups is 8. The van der Waals surface area contributed by atoms with Crippen LogP contribution in [0.4, 0.5) is 32.5 Å². The van der Waals surface area contributed by atoms with Crippen LogP contribution >= 0.6 is 0 Å². The highest BCUT2D eigenvalue weighted by molar-refractivity contribution is 6.13. The maximum Gasteiger partial charge on any atom is 0.407 e. The Morgan fingerprint density at radius 3 is 2.32 bits per heavy atom. The van der Waals surface area contributed by atoms with E-state index >= 15 is 0 Å². The molecule has 1 unspecified atom stereocenters. The van der Waals surface area contributed by atoms with Gasteiger partial charge in [-0.3, -0.25) is 38.7 Å². The summed E-state index contributed by atoms with van der Waals surface area (Å²) in [6, 6.07) is 12.1. The van der Waals surface area contributed by atoms with Gasteiger partial charge in [0.2, 0.25) is 17.7 Å². The van der Waals surface area contributed by atoms with Crippen LogP contribution in [-0.2, 0) is 40.1 Å². The van der Waals surface area contributed by atoms with E-state index in [1.165, 1.54) is 18.3 Å². The van der Waals surface area contributed by atoms with Crippen molar-refractivity contribution in [2.75, 3.05) is 67.3 Å². The number of amides is 9. The van der Waals surface area contributed by atoms with Crippen LogP contribution in [0.3, 0.4) is 0 Å². The predicted octanol–water partition coefficient (Wildman–Crippen LogP) is 3.40. The first-order chi connectivity index (χ1) is 36.5. The maximum absolute atomic E-state index is 13.6. The number of anilines is 4. The number of aromatic nitrogens is 3. The first-order valence-electron chi connectivity index (χ1n) is 25.0. The number of nitrogens with two attached hydrogens (primary N) is 2. The van der Waals surface area contributed by atoms with Crippen molar-refractivity contribution < 1.29 is 52.6 Å². The molecule has 24 nitrogen and oxygen atoms in total. The van der Waals surface area contributed by atoms with Crippen LogP contribution in [0.1, 0.15) is 75.3 Å². The van der Waals surface area contributed by atoms with Gasteiger partial charge in [-0.25, -0.2) is 19.6 Å². The number of hydrogen-bond acceptors (Lipinski definition) is 16. The van der Waals surface area contributed by atoms with Crippen molar-refractivity contribution >= 4 is 70.4 Å². The van der Waals surface area contributed by atoms with Gasteiger partial charge in [0.25, 0.3) is 17.7 Å². The third-order valence-corrected chi connectivity index (χ3v) is 12.1. The summed E-state index contributed by atoms with van der Waals surface area (Å²) in [7, 11) is 0. The molecule has 0 bridgehead atoms. The average molecular weight is 1050 g/mol. The number of ether oxygens (including phenoxy) is 3. The minimum Gasteiger partial charge on any atom is -0.491 e. The number of benzene rings is 2. The summed E-state index contributed by atoms with van der Waals surface area (Å²) in [5.74, 6) is -2.69. The van der Waals surface area contributed by atoms with Crippen molar-refractivity contribution in [1.29, 1.82) is 0 Å². The normalized spacial score (nSPS) is 14.3. The molecule has 2 aliphatic rings. The predicted molar refractivity (Wildman–Crippen MR) is 280 cm³/mol. The van der Waals surface area contributed by atoms with E-state index in [4.69, 9.17) is 25.7 Å². The Hall–Kier alpha value is -8.67. The molecule has 1 fully saturated rings. The number of primary amides is 1. The Balaban J connectivity index is 0.946. The minimum atomic E-state index is -1.06. The van der Waals surface area contributed by atoms with E-state index in [-0.39, 0.29) is 80.7 Å². The molecule has 404 valence electrons. The highest BCUT2D eigenvalue weighted by Gasteiger charge is 2.29. The molecule has 1 saturated heterocycles. The van der Waals surface area contributed by atoms with E-state index in [1.54, 1.807) is 81.7 Å². The number of imide groups is 1. The zero-order chi connectivity index (χ0) is 54.6. The van der Waals surface area contributed by atoms with Gasteiger partial charge < -0.3 is 62.5 Å². The molecular formula is C52H65N13O11. The van der Waals surface area contributed by atoms with Crippen LogP contribution in [-0.4, -0.2) is 132 Å². The van der Waals surface area contributed by atoms with Gasteiger partial charge in [-0.15, -0.1) is 0 Å². The standard InChI is InChI=1S/C52H65N13O11/c1-32(2)45(63-42(66)12-5-4-6-22-65-43(67)17-18-44(65)68)49(70)61-38(11-8-20-56-51(54)72)48(69)59-36-15-13-34(14-16-36)31-76-52(73)58-33(3)30-75-37-10-7-9-35(27-37)39-29-57-47(53)46(60-39)50(71)62-40-28-55-21-19-41(40)64-23-25-74-26-24-64/h7,9-10,13-19,21,27-29,32-33,38,45H,4-6,8,11-12,20,22-26,30-31H2,1-3H3,(H2,53,57)(H,58,73)(H,59,69)(H,61,70)(H,62,71)(H,63,66)(H3,54,56,72)/t33?,38-,45-/m0/s1. The second-order valence-corrected chi connectivity index (χ2v) is 18.3. The number of pyridine rings is 1. The summed E-state index contributed by atoms with van der Waals surface area (Å²) in [6.07, 6.45) is 8.51. The Morgan fingerprint density at radius 2 is 1.59 bits per heavy atom. The molecule has 24 heteroatoms. The van der Waals surface area contributed by atoms with E-state index in [0.717, 1.165) is 10.6 Å². The first-order valence-corrected chi connectivity index (χ1v) is 25.0. The third kappa shape index (κ3) is 17.2. The van der Waals surface area contributed by atoms with Gasteiger partial charge in [0.15, 0.2) is 11.5 Å². The van der Waals surface area contributed by atoms with Crippen molar-refractivity contribution in [2.24, 2.45) is 11.7 Å². The fourth-order valence-electron chi connectivity index (χ4n) is 7.98. The van der Waals surface area contributed by atoms with Crippen molar-refractivity contribution in [1.82, 2.24) is 41.1 Å². The summed E-state index contributed by atoms with van der Waals surface area (Å²) in [4.78, 5) is 117. The SMILES string of the molecule is CC(COc1cccc(-c2cnc(N)c(C(=O)Nc3cnccc3N3CCOCC3)n2)c1)NC(=O)OCc1ccc(NC(=O)[C@H](CCCNC(N)=O)NC(=O)[C@@H](NC(=O)CCCCCN2C(=O)C=CC2=O)C(C)C)cc1. The topological polar surface area (TPSA) is 334 Å². The summed E-state index contributed by atoms with van der Waals surface area (Å²) < 4.78 is 16.9. The number of unbranched alkanes of at least 4 members (excludes halogenated alkanes) is 2. The van der Waals surface area contributed by atoms with Gasteiger partial charge in [-0.05, 0) is 74.4 Å². The zero-order valence-corrected chi connectivity index (χ0v) is 42.7. The number of morpholine rings is 1. The van der Waals surface area contributed by atoms with Gasteiger partial charge in [-0.2, -0.15) is 0 Å². The fraction of sp³-hybridized carbons (Fsp3) is 0.404. The molecule has 2 aromatic heterocycles. The van der Waals surface area contributed by atoms with Gasteiger partial charge in [0.05, 0.1) is 48.7 Å². The number of carbonyl (C=O) groups excluding carboxylic acids is 8. The van der Waals surface area contributed by atoms with Crippen LogP contribution in [0.5, 0.6) is 5.75 Å². The van der Waals surface area contributed by atoms with Gasteiger partial charge in [0.1, 0.15) is 31.0 Å². The lowest BCUT2D eigenvalue weighted by Gasteiger charge is -2.30. The molecule has 2 aromatic carbocycles. The Labute approximate surface area is 439 Å². The lowest BCUT2D eigenvalue weighted by atomic mass is 10.0. The molecule has 0 aliphatic carbocycles. The minimum absolute atomic E-state index is 0.0480. The van der Waals surface area contributed by atoms with Crippen molar-refractivity contribution in [3.8, 4) is 17.0 Å². The molecule has 10 N–H and O–H groups in total. The van der Waals surface area contributed by atoms with Crippen LogP contribution in [0, 0.1) is 5.92 Å². The molecule has 3 atom stereocenters. The number of nitrogens with zero attached hydrogens (tertiary/aromatic N) is 5. The molecule has 76 heavy (non-hydrogen) atoms. The number of alkyl carbamates (subject to hydrolysis) is 1. The number of nitrogen functional groups attached to an aromatic ring is 1. The molecule has 9 amide bonds. The zero-order valence-electron chi connectivity index (χ0n) is 42.7. The van der Waals surface area contributed by atoms with Gasteiger partial charge in [-0.1, -0.05) is 44.5 Å². The second kappa shape index (κ2) is 28.1. The molecule has 4 heterocycles. The Bertz CT molecular complexity index is 2720. The fourth-order valence-corrected chi connectivity index (χ4v) is 7.98. The Kier molecular flexibility index (Phi) is 21.0. The van der Waals surface area contributed by atoms with E-state index in [2.05, 4.69) is 51.8 Å². The number of hydrogen-bond donors (Lipinski definition) is 8. The molecule has 6 rings (SSSR count). The number of rotatable bonds is 26. The lowest BCUT2D eigenvalue weighted by Crippen LogP contribution is -2.54. The quantitative estimate of drug-likeness (QED) is 0.0330. The van der Waals surface area contributed by atoms with Crippen molar-refractivity contribution in [2.45, 2.75) is 84.0 Å². The highest BCUT2D eigenvalue weighted by atomic mass is 16.5. The van der Waals surface area contributed by atoms with Crippen molar-refractivity contribution in [3.63, 3.8) is 0 Å². The summed E-state index contributed by atoms with van der Waals surface area (Å²) in [5.41, 5.74) is 14.5. The summed E-state index contributed by atoms with van der Waals surface area (Å²) in [6.45, 7) is 8.10. The van der Waals surface area contributed by atoms with E-state index in [9.17, 15) is 38.4 Å². The summed E-state index contributed by atoms with van der Waals surface area (Å²) >= 11 is 0. The molecule has 0 saturated carbocycles. The van der Waals surface area contributed by atoms with Crippen LogP contribution < -0.4 is 53.0 Å². The second-order valence-electron chi connectivity index (χ2n) is 18.3. The van der Waals surface area contributed by atoms with E-state index in [0.29, 0.717) is 79.5 Å². The molecule has 4 aromatic rings. The van der Waals surface area contributed by atoms with E-state index < -0.39 is 48.0 Å². The lowest BCUT2D eigenvalue weighted by molar-refractivity contribution is -0.137. The van der Waals surface area contributed by atoms with Crippen LogP contribution in [0.15, 0.2) is 85.3 Å². The third-order valence-electron chi connectivity index (χ3n) is 12.1. The molecule has 2 aliphatic heterocycles.